The van der Waals surface area contributed by atoms with Gasteiger partial charge in [-0.3, -0.25) is 19.6 Å². The number of nitrogens with zero attached hydrogens (tertiary/aromatic N) is 2. The van der Waals surface area contributed by atoms with E-state index in [-0.39, 0.29) is 18.4 Å². The average Bonchev–Trinajstić information content (AvgIpc) is 2.70. The van der Waals surface area contributed by atoms with Crippen molar-refractivity contribution in [2.75, 3.05) is 25.4 Å². The maximum absolute atomic E-state index is 13.0. The number of hydrogen-bond donors (Lipinski definition) is 2. The molecular formula is C18H33N3O4S. The second kappa shape index (κ2) is 10.8. The molecule has 0 radical (unpaired) electrons. The molecule has 150 valence electrons. The van der Waals surface area contributed by atoms with Gasteiger partial charge in [-0.1, -0.05) is 26.7 Å². The van der Waals surface area contributed by atoms with Crippen LogP contribution in [0.2, 0.25) is 0 Å². The van der Waals surface area contributed by atoms with E-state index in [2.05, 4.69) is 5.32 Å². The van der Waals surface area contributed by atoms with Gasteiger partial charge in [-0.2, -0.15) is 11.8 Å². The van der Waals surface area contributed by atoms with Crippen molar-refractivity contribution in [3.63, 3.8) is 0 Å². The Bertz CT molecular complexity index is 487. The van der Waals surface area contributed by atoms with Gasteiger partial charge in [-0.15, -0.1) is 0 Å². The Labute approximate surface area is 160 Å². The summed E-state index contributed by atoms with van der Waals surface area (Å²) in [7, 11) is 0. The Morgan fingerprint density at radius 3 is 2.73 bits per heavy atom. The number of carbonyl (C=O) groups excluding carboxylic acids is 3. The lowest BCUT2D eigenvalue weighted by atomic mass is 9.97. The number of hydrogen-bond acceptors (Lipinski definition) is 5. The molecule has 0 aromatic carbocycles. The monoisotopic (exact) mass is 387 g/mol. The number of hydroxylamine groups is 2. The minimum atomic E-state index is -0.624. The predicted molar refractivity (Wildman–Crippen MR) is 103 cm³/mol. The van der Waals surface area contributed by atoms with Gasteiger partial charge in [0.2, 0.25) is 18.2 Å². The van der Waals surface area contributed by atoms with Crippen LogP contribution in [0.3, 0.4) is 0 Å². The largest absolute Gasteiger partial charge is 0.343 e. The van der Waals surface area contributed by atoms with Crippen LogP contribution in [0.1, 0.15) is 53.4 Å². The minimum absolute atomic E-state index is 0.0549. The standard InChI is InChI=1S/C18H33N3O4S/c1-5-7-8-14(12-21(25)13-22)16(23)19-15-17(24)20(9-6-2)10-11-26-18(15,3)4/h13-15,25H,5-12H2,1-4H3,(H,19,23)/t14-,15+/m0/s1. The molecule has 7 nitrogen and oxygen atoms in total. The molecule has 0 unspecified atom stereocenters. The highest BCUT2D eigenvalue weighted by Crippen LogP contribution is 2.32. The maximum Gasteiger partial charge on any atom is 0.246 e. The van der Waals surface area contributed by atoms with Crippen molar-refractivity contribution in [1.29, 1.82) is 0 Å². The van der Waals surface area contributed by atoms with Gasteiger partial charge in [0.25, 0.3) is 0 Å². The lowest BCUT2D eigenvalue weighted by Gasteiger charge is -2.34. The first-order valence-corrected chi connectivity index (χ1v) is 10.4. The molecule has 8 heteroatoms. The molecule has 2 atom stereocenters. The smallest absolute Gasteiger partial charge is 0.246 e. The third-order valence-corrected chi connectivity index (χ3v) is 6.04. The van der Waals surface area contributed by atoms with Gasteiger partial charge in [0.05, 0.1) is 12.5 Å². The molecule has 0 aromatic heterocycles. The molecule has 0 saturated carbocycles. The summed E-state index contributed by atoms with van der Waals surface area (Å²) >= 11 is 1.68. The topological polar surface area (TPSA) is 90.0 Å². The van der Waals surface area contributed by atoms with E-state index in [9.17, 15) is 19.6 Å². The van der Waals surface area contributed by atoms with Crippen LogP contribution in [-0.4, -0.2) is 69.6 Å². The van der Waals surface area contributed by atoms with Crippen molar-refractivity contribution in [2.24, 2.45) is 5.92 Å². The molecule has 1 saturated heterocycles. The average molecular weight is 388 g/mol. The number of nitrogens with one attached hydrogen (secondary N) is 1. The summed E-state index contributed by atoms with van der Waals surface area (Å²) in [6.07, 6.45) is 3.44. The molecule has 1 aliphatic rings. The molecule has 26 heavy (non-hydrogen) atoms. The zero-order valence-corrected chi connectivity index (χ0v) is 17.2. The zero-order chi connectivity index (χ0) is 19.7. The Balaban J connectivity index is 2.94. The summed E-state index contributed by atoms with van der Waals surface area (Å²) in [5.41, 5.74) is 0. The molecule has 1 heterocycles. The highest BCUT2D eigenvalue weighted by Gasteiger charge is 2.42. The summed E-state index contributed by atoms with van der Waals surface area (Å²) in [5, 5.41) is 12.9. The lowest BCUT2D eigenvalue weighted by Crippen LogP contribution is -2.57. The lowest BCUT2D eigenvalue weighted by molar-refractivity contribution is -0.155. The van der Waals surface area contributed by atoms with E-state index in [1.807, 2.05) is 32.6 Å². The van der Waals surface area contributed by atoms with E-state index in [0.717, 1.165) is 25.0 Å². The van der Waals surface area contributed by atoms with Crippen LogP contribution in [0, 0.1) is 5.92 Å². The van der Waals surface area contributed by atoms with Crippen molar-refractivity contribution in [1.82, 2.24) is 15.3 Å². The van der Waals surface area contributed by atoms with Crippen LogP contribution >= 0.6 is 11.8 Å². The Morgan fingerprint density at radius 1 is 1.46 bits per heavy atom. The van der Waals surface area contributed by atoms with Crippen molar-refractivity contribution < 1.29 is 19.6 Å². The van der Waals surface area contributed by atoms with Gasteiger partial charge >= 0.3 is 0 Å². The number of rotatable bonds is 10. The molecule has 2 N–H and O–H groups in total. The third kappa shape index (κ3) is 6.46. The van der Waals surface area contributed by atoms with E-state index >= 15 is 0 Å². The van der Waals surface area contributed by atoms with Crippen molar-refractivity contribution in [3.8, 4) is 0 Å². The van der Waals surface area contributed by atoms with Gasteiger partial charge in [0, 0.05) is 23.6 Å². The fraction of sp³-hybridized carbons (Fsp3) is 0.833. The predicted octanol–water partition coefficient (Wildman–Crippen LogP) is 1.89. The summed E-state index contributed by atoms with van der Waals surface area (Å²) in [6, 6.07) is -0.624. The van der Waals surface area contributed by atoms with Crippen molar-refractivity contribution >= 4 is 30.0 Å². The quantitative estimate of drug-likeness (QED) is 0.339. The van der Waals surface area contributed by atoms with Crippen LogP contribution in [0.15, 0.2) is 0 Å². The molecule has 1 rings (SSSR count). The Hall–Kier alpha value is -1.28. The molecular weight excluding hydrogens is 354 g/mol. The molecule has 3 amide bonds. The molecule has 1 aliphatic heterocycles. The molecule has 0 aromatic rings. The van der Waals surface area contributed by atoms with Crippen LogP contribution in [-0.2, 0) is 14.4 Å². The van der Waals surface area contributed by atoms with Gasteiger partial charge in [0.1, 0.15) is 6.04 Å². The Kier molecular flexibility index (Phi) is 9.43. The normalized spacial score (nSPS) is 21.0. The zero-order valence-electron chi connectivity index (χ0n) is 16.4. The highest BCUT2D eigenvalue weighted by molar-refractivity contribution is 8.00. The second-order valence-corrected chi connectivity index (χ2v) is 9.03. The summed E-state index contributed by atoms with van der Waals surface area (Å²) in [5.74, 6) is -0.0491. The third-order valence-electron chi connectivity index (χ3n) is 4.68. The first kappa shape index (κ1) is 22.8. The van der Waals surface area contributed by atoms with E-state index in [1.54, 1.807) is 11.8 Å². The molecule has 0 bridgehead atoms. The number of thioether (sulfide) groups is 1. The summed E-state index contributed by atoms with van der Waals surface area (Å²) < 4.78 is -0.423. The number of amides is 3. The van der Waals surface area contributed by atoms with Crippen LogP contribution < -0.4 is 5.32 Å². The Morgan fingerprint density at radius 2 is 2.15 bits per heavy atom. The second-order valence-electron chi connectivity index (χ2n) is 7.29. The fourth-order valence-corrected chi connectivity index (χ4v) is 4.27. The SMILES string of the molecule is CCCC[C@@H](CN(O)C=O)C(=O)N[C@@H]1C(=O)N(CCC)CCSC1(C)C. The van der Waals surface area contributed by atoms with Crippen LogP contribution in [0.5, 0.6) is 0 Å². The first-order valence-electron chi connectivity index (χ1n) is 9.40. The first-order chi connectivity index (χ1) is 12.3. The maximum atomic E-state index is 13.0. The van der Waals surface area contributed by atoms with Gasteiger partial charge in [-0.25, -0.2) is 5.06 Å². The van der Waals surface area contributed by atoms with Gasteiger partial charge < -0.3 is 10.2 Å². The van der Waals surface area contributed by atoms with Crippen molar-refractivity contribution in [2.45, 2.75) is 64.2 Å². The molecule has 0 aliphatic carbocycles. The fourth-order valence-electron chi connectivity index (χ4n) is 3.10. The summed E-state index contributed by atoms with van der Waals surface area (Å²) in [4.78, 5) is 38.4. The van der Waals surface area contributed by atoms with Crippen molar-refractivity contribution in [3.05, 3.63) is 0 Å². The summed E-state index contributed by atoms with van der Waals surface area (Å²) in [6.45, 7) is 9.28. The molecule has 1 fully saturated rings. The van der Waals surface area contributed by atoms with E-state index in [0.29, 0.717) is 31.0 Å². The van der Waals surface area contributed by atoms with Gasteiger partial charge in [-0.05, 0) is 26.7 Å². The van der Waals surface area contributed by atoms with E-state index < -0.39 is 16.7 Å². The van der Waals surface area contributed by atoms with Crippen LogP contribution in [0.4, 0.5) is 0 Å². The van der Waals surface area contributed by atoms with Gasteiger partial charge in [0.15, 0.2) is 0 Å². The highest BCUT2D eigenvalue weighted by atomic mass is 32.2. The molecule has 0 spiro atoms. The minimum Gasteiger partial charge on any atom is -0.343 e. The van der Waals surface area contributed by atoms with Crippen LogP contribution in [0.25, 0.3) is 0 Å². The van der Waals surface area contributed by atoms with E-state index in [1.165, 1.54) is 0 Å². The number of unbranched alkanes of at least 4 members (excludes halogenated alkanes) is 1. The number of carbonyl (C=O) groups is 3. The van der Waals surface area contributed by atoms with E-state index in [4.69, 9.17) is 0 Å².